The van der Waals surface area contributed by atoms with Crippen LogP contribution in [0, 0.1) is 6.92 Å². The third-order valence-corrected chi connectivity index (χ3v) is 4.09. The second-order valence-electron chi connectivity index (χ2n) is 4.94. The van der Waals surface area contributed by atoms with Crippen LogP contribution in [-0.4, -0.2) is 11.0 Å². The molecular weight excluding hydrogens is 216 g/mol. The van der Waals surface area contributed by atoms with Gasteiger partial charge in [-0.25, -0.2) is 4.98 Å². The number of hydrogen-bond acceptors (Lipinski definition) is 3. The van der Waals surface area contributed by atoms with E-state index in [9.17, 15) is 0 Å². The molecule has 0 spiro atoms. The molecule has 1 aromatic rings. The monoisotopic (exact) mass is 240 g/mol. The molecule has 3 heteroatoms. The molecule has 16 heavy (non-hydrogen) atoms. The number of thiazole rings is 1. The van der Waals surface area contributed by atoms with E-state index in [0.29, 0.717) is 6.04 Å². The predicted molar refractivity (Wildman–Crippen MR) is 72.0 cm³/mol. The van der Waals surface area contributed by atoms with Gasteiger partial charge < -0.3 is 5.32 Å². The largest absolute Gasteiger partial charge is 0.303 e. The van der Waals surface area contributed by atoms with Crippen LogP contribution in [0.5, 0.6) is 0 Å². The Kier molecular flexibility index (Phi) is 4.93. The molecule has 0 aromatic carbocycles. The highest BCUT2D eigenvalue weighted by molar-refractivity contribution is 7.11. The molecule has 0 aliphatic rings. The van der Waals surface area contributed by atoms with E-state index >= 15 is 0 Å². The van der Waals surface area contributed by atoms with Gasteiger partial charge in [-0.3, -0.25) is 0 Å². The quantitative estimate of drug-likeness (QED) is 0.817. The topological polar surface area (TPSA) is 24.9 Å². The zero-order valence-electron chi connectivity index (χ0n) is 11.1. The summed E-state index contributed by atoms with van der Waals surface area (Å²) < 4.78 is 0. The number of nitrogens with zero attached hydrogens (tertiary/aromatic N) is 1. The molecule has 1 atom stereocenters. The minimum atomic E-state index is -0.00519. The summed E-state index contributed by atoms with van der Waals surface area (Å²) in [6.07, 6.45) is 5.62. The number of nitrogens with one attached hydrogen (secondary N) is 1. The van der Waals surface area contributed by atoms with Crippen LogP contribution in [0.25, 0.3) is 0 Å². The van der Waals surface area contributed by atoms with Gasteiger partial charge in [-0.15, -0.1) is 11.3 Å². The first-order valence-corrected chi connectivity index (χ1v) is 7.01. The molecule has 0 fully saturated rings. The average Bonchev–Trinajstić information content (AvgIpc) is 2.64. The lowest BCUT2D eigenvalue weighted by Crippen LogP contribution is -2.43. The fourth-order valence-electron chi connectivity index (χ4n) is 1.94. The van der Waals surface area contributed by atoms with E-state index in [1.807, 2.05) is 6.20 Å². The van der Waals surface area contributed by atoms with Crippen LogP contribution in [-0.2, 0) is 5.54 Å². The van der Waals surface area contributed by atoms with E-state index < -0.39 is 0 Å². The molecule has 1 heterocycles. The van der Waals surface area contributed by atoms with Gasteiger partial charge in [0.2, 0.25) is 0 Å². The third kappa shape index (κ3) is 3.56. The van der Waals surface area contributed by atoms with Gasteiger partial charge in [-0.1, -0.05) is 20.3 Å². The number of rotatable bonds is 6. The summed E-state index contributed by atoms with van der Waals surface area (Å²) in [7, 11) is 0. The summed E-state index contributed by atoms with van der Waals surface area (Å²) in [6, 6.07) is 0.601. The van der Waals surface area contributed by atoms with Gasteiger partial charge in [0, 0.05) is 17.1 Å². The zero-order chi connectivity index (χ0) is 12.2. The lowest BCUT2D eigenvalue weighted by atomic mass is 10.0. The van der Waals surface area contributed by atoms with Gasteiger partial charge in [0.1, 0.15) is 5.01 Å². The molecule has 1 N–H and O–H groups in total. The molecule has 1 unspecified atom stereocenters. The summed E-state index contributed by atoms with van der Waals surface area (Å²) >= 11 is 1.79. The number of hydrogen-bond donors (Lipinski definition) is 1. The standard InChI is InChI=1S/C13H24N2S/c1-6-8-11(7-2)15-13(4,5)12-14-9-10(3)16-12/h9,11,15H,6-8H2,1-5H3. The first-order chi connectivity index (χ1) is 7.49. The van der Waals surface area contributed by atoms with E-state index in [4.69, 9.17) is 0 Å². The van der Waals surface area contributed by atoms with Crippen molar-refractivity contribution in [2.24, 2.45) is 0 Å². The first-order valence-electron chi connectivity index (χ1n) is 6.20. The maximum Gasteiger partial charge on any atom is 0.112 e. The molecule has 0 bridgehead atoms. The van der Waals surface area contributed by atoms with Gasteiger partial charge in [0.05, 0.1) is 5.54 Å². The fourth-order valence-corrected chi connectivity index (χ4v) is 2.77. The van der Waals surface area contributed by atoms with Gasteiger partial charge in [-0.05, 0) is 33.6 Å². The van der Waals surface area contributed by atoms with Crippen molar-refractivity contribution in [3.63, 3.8) is 0 Å². The second-order valence-corrected chi connectivity index (χ2v) is 6.17. The Balaban J connectivity index is 2.69. The molecule has 0 radical (unpaired) electrons. The van der Waals surface area contributed by atoms with Crippen LogP contribution in [0.15, 0.2) is 6.20 Å². The van der Waals surface area contributed by atoms with Crippen LogP contribution in [0.1, 0.15) is 56.8 Å². The van der Waals surface area contributed by atoms with Crippen molar-refractivity contribution in [3.05, 3.63) is 16.1 Å². The maximum absolute atomic E-state index is 4.49. The Bertz CT molecular complexity index is 317. The number of aromatic nitrogens is 1. The predicted octanol–water partition coefficient (Wildman–Crippen LogP) is 3.85. The normalized spacial score (nSPS) is 14.1. The molecule has 0 aliphatic carbocycles. The molecule has 92 valence electrons. The van der Waals surface area contributed by atoms with Crippen molar-refractivity contribution in [1.29, 1.82) is 0 Å². The highest BCUT2D eigenvalue weighted by Gasteiger charge is 2.25. The minimum absolute atomic E-state index is 0.00519. The van der Waals surface area contributed by atoms with Crippen molar-refractivity contribution in [3.8, 4) is 0 Å². The summed E-state index contributed by atoms with van der Waals surface area (Å²) in [5, 5.41) is 4.92. The highest BCUT2D eigenvalue weighted by Crippen LogP contribution is 2.26. The van der Waals surface area contributed by atoms with Gasteiger partial charge >= 0.3 is 0 Å². The molecule has 0 amide bonds. The Morgan fingerprint density at radius 1 is 1.44 bits per heavy atom. The highest BCUT2D eigenvalue weighted by atomic mass is 32.1. The first kappa shape index (κ1) is 13.7. The molecule has 0 aliphatic heterocycles. The molecule has 1 rings (SSSR count). The van der Waals surface area contributed by atoms with Crippen LogP contribution in [0.2, 0.25) is 0 Å². The van der Waals surface area contributed by atoms with E-state index in [2.05, 4.69) is 44.9 Å². The second kappa shape index (κ2) is 5.78. The van der Waals surface area contributed by atoms with Crippen molar-refractivity contribution >= 4 is 11.3 Å². The van der Waals surface area contributed by atoms with E-state index in [0.717, 1.165) is 0 Å². The summed E-state index contributed by atoms with van der Waals surface area (Å²) in [4.78, 5) is 5.78. The Labute approximate surface area is 103 Å². The lowest BCUT2D eigenvalue weighted by Gasteiger charge is -2.29. The van der Waals surface area contributed by atoms with Crippen LogP contribution < -0.4 is 5.32 Å². The summed E-state index contributed by atoms with van der Waals surface area (Å²) in [5.41, 5.74) is -0.00519. The number of aryl methyl sites for hydroxylation is 1. The molecule has 2 nitrogen and oxygen atoms in total. The van der Waals surface area contributed by atoms with Crippen molar-refractivity contribution < 1.29 is 0 Å². The molecule has 0 saturated heterocycles. The van der Waals surface area contributed by atoms with Crippen LogP contribution >= 0.6 is 11.3 Å². The molecule has 0 saturated carbocycles. The van der Waals surface area contributed by atoms with Gasteiger partial charge in [-0.2, -0.15) is 0 Å². The van der Waals surface area contributed by atoms with E-state index in [1.165, 1.54) is 29.1 Å². The third-order valence-electron chi connectivity index (χ3n) is 2.85. The van der Waals surface area contributed by atoms with Crippen LogP contribution in [0.3, 0.4) is 0 Å². The van der Waals surface area contributed by atoms with Gasteiger partial charge in [0.25, 0.3) is 0 Å². The summed E-state index contributed by atoms with van der Waals surface area (Å²) in [5.74, 6) is 0. The average molecular weight is 240 g/mol. The van der Waals surface area contributed by atoms with Gasteiger partial charge in [0.15, 0.2) is 0 Å². The van der Waals surface area contributed by atoms with Crippen LogP contribution in [0.4, 0.5) is 0 Å². The minimum Gasteiger partial charge on any atom is -0.303 e. The Hall–Kier alpha value is -0.410. The Morgan fingerprint density at radius 3 is 2.56 bits per heavy atom. The molecule has 1 aromatic heterocycles. The smallest absolute Gasteiger partial charge is 0.112 e. The Morgan fingerprint density at radius 2 is 2.12 bits per heavy atom. The van der Waals surface area contributed by atoms with Crippen molar-refractivity contribution in [2.75, 3.05) is 0 Å². The SMILES string of the molecule is CCCC(CC)NC(C)(C)c1ncc(C)s1. The van der Waals surface area contributed by atoms with Crippen molar-refractivity contribution in [1.82, 2.24) is 10.3 Å². The van der Waals surface area contributed by atoms with Crippen molar-refractivity contribution in [2.45, 2.75) is 65.5 Å². The summed E-state index contributed by atoms with van der Waals surface area (Å²) in [6.45, 7) is 11.1. The fraction of sp³-hybridized carbons (Fsp3) is 0.769. The van der Waals surface area contributed by atoms with E-state index in [-0.39, 0.29) is 5.54 Å². The maximum atomic E-state index is 4.49. The van der Waals surface area contributed by atoms with E-state index in [1.54, 1.807) is 11.3 Å². The lowest BCUT2D eigenvalue weighted by molar-refractivity contribution is 0.319. The zero-order valence-corrected chi connectivity index (χ0v) is 11.9. The molecular formula is C13H24N2S.